The van der Waals surface area contributed by atoms with Gasteiger partial charge < -0.3 is 11.1 Å². The summed E-state index contributed by atoms with van der Waals surface area (Å²) < 4.78 is 0. The summed E-state index contributed by atoms with van der Waals surface area (Å²) in [6.45, 7) is 1.72. The lowest BCUT2D eigenvalue weighted by Gasteiger charge is -2.06. The van der Waals surface area contributed by atoms with Crippen LogP contribution in [0.3, 0.4) is 0 Å². The molecular formula is C10H10N6O3. The summed E-state index contributed by atoms with van der Waals surface area (Å²) in [5, 5.41) is 19.0. The van der Waals surface area contributed by atoms with Gasteiger partial charge >= 0.3 is 0 Å². The van der Waals surface area contributed by atoms with Crippen LogP contribution < -0.4 is 11.1 Å². The monoisotopic (exact) mass is 262 g/mol. The highest BCUT2D eigenvalue weighted by molar-refractivity contribution is 6.02. The number of hydrogen-bond donors (Lipinski definition) is 3. The molecule has 0 aliphatic carbocycles. The summed E-state index contributed by atoms with van der Waals surface area (Å²) in [4.78, 5) is 25.6. The van der Waals surface area contributed by atoms with Gasteiger partial charge in [0, 0.05) is 12.1 Å². The van der Waals surface area contributed by atoms with Crippen molar-refractivity contribution in [1.29, 1.82) is 0 Å². The average molecular weight is 262 g/mol. The number of carbonyl (C=O) groups excluding carboxylic acids is 1. The molecule has 0 saturated heterocycles. The van der Waals surface area contributed by atoms with Crippen LogP contribution in [-0.2, 0) is 0 Å². The van der Waals surface area contributed by atoms with E-state index in [1.165, 1.54) is 12.1 Å². The van der Waals surface area contributed by atoms with E-state index in [1.54, 1.807) is 13.0 Å². The molecule has 98 valence electrons. The molecule has 4 N–H and O–H groups in total. The maximum Gasteiger partial charge on any atom is 0.293 e. The van der Waals surface area contributed by atoms with Gasteiger partial charge in [-0.15, -0.1) is 5.10 Å². The molecule has 0 fully saturated rings. The zero-order valence-corrected chi connectivity index (χ0v) is 9.88. The van der Waals surface area contributed by atoms with Gasteiger partial charge in [0.25, 0.3) is 11.6 Å². The van der Waals surface area contributed by atoms with Crippen LogP contribution in [0.4, 0.5) is 17.3 Å². The first-order valence-electron chi connectivity index (χ1n) is 5.21. The summed E-state index contributed by atoms with van der Waals surface area (Å²) in [7, 11) is 0. The number of nitrogens with zero attached hydrogens (tertiary/aromatic N) is 3. The summed E-state index contributed by atoms with van der Waals surface area (Å²) >= 11 is 0. The van der Waals surface area contributed by atoms with Crippen molar-refractivity contribution in [3.63, 3.8) is 0 Å². The van der Waals surface area contributed by atoms with Gasteiger partial charge in [-0.25, -0.2) is 0 Å². The Morgan fingerprint density at radius 1 is 1.53 bits per heavy atom. The highest BCUT2D eigenvalue weighted by Crippen LogP contribution is 2.22. The molecule has 1 heterocycles. The smallest absolute Gasteiger partial charge is 0.293 e. The van der Waals surface area contributed by atoms with Gasteiger partial charge in [0.1, 0.15) is 0 Å². The molecule has 1 aromatic carbocycles. The van der Waals surface area contributed by atoms with E-state index in [-0.39, 0.29) is 17.5 Å². The second kappa shape index (κ2) is 4.72. The number of aromatic nitrogens is 3. The topological polar surface area (TPSA) is 140 Å². The van der Waals surface area contributed by atoms with Gasteiger partial charge in [0.05, 0.1) is 10.6 Å². The van der Waals surface area contributed by atoms with Crippen molar-refractivity contribution in [3.05, 3.63) is 39.7 Å². The number of aromatic amines is 1. The van der Waals surface area contributed by atoms with Crippen LogP contribution in [0.5, 0.6) is 0 Å². The first kappa shape index (κ1) is 12.5. The number of benzene rings is 1. The number of nitrogen functional groups attached to an aromatic ring is 1. The number of nitro benzene ring substituents is 1. The minimum atomic E-state index is -0.576. The van der Waals surface area contributed by atoms with Crippen molar-refractivity contribution in [1.82, 2.24) is 15.2 Å². The van der Waals surface area contributed by atoms with Gasteiger partial charge in [0.2, 0.25) is 11.8 Å². The molecule has 1 aromatic heterocycles. The molecule has 9 heteroatoms. The van der Waals surface area contributed by atoms with E-state index in [1.807, 2.05) is 0 Å². The van der Waals surface area contributed by atoms with Crippen LogP contribution in [0.15, 0.2) is 18.2 Å². The fourth-order valence-corrected chi connectivity index (χ4v) is 1.42. The van der Waals surface area contributed by atoms with Crippen molar-refractivity contribution in [2.75, 3.05) is 11.1 Å². The van der Waals surface area contributed by atoms with E-state index in [0.717, 1.165) is 0 Å². The van der Waals surface area contributed by atoms with Gasteiger partial charge in [0.15, 0.2) is 0 Å². The molecule has 1 amide bonds. The second-order valence-corrected chi connectivity index (χ2v) is 3.75. The Bertz CT molecular complexity index is 650. The Kier molecular flexibility index (Phi) is 3.10. The highest BCUT2D eigenvalue weighted by Gasteiger charge is 2.14. The molecule has 0 aliphatic heterocycles. The molecule has 19 heavy (non-hydrogen) atoms. The molecular weight excluding hydrogens is 252 g/mol. The van der Waals surface area contributed by atoms with E-state index in [2.05, 4.69) is 20.5 Å². The molecule has 9 nitrogen and oxygen atoms in total. The van der Waals surface area contributed by atoms with Crippen molar-refractivity contribution in [2.24, 2.45) is 0 Å². The van der Waals surface area contributed by atoms with E-state index in [4.69, 9.17) is 5.73 Å². The molecule has 0 saturated carbocycles. The number of carbonyl (C=O) groups is 1. The Balaban J connectivity index is 2.25. The average Bonchev–Trinajstić information content (AvgIpc) is 2.78. The number of non-ortho nitro benzene ring substituents is 1. The number of aryl methyl sites for hydroxylation is 1. The maximum absolute atomic E-state index is 11.8. The predicted octanol–water partition coefficient (Wildman–Crippen LogP) is 0.856. The van der Waals surface area contributed by atoms with Crippen LogP contribution >= 0.6 is 0 Å². The third-order valence-electron chi connectivity index (χ3n) is 2.40. The molecule has 0 spiro atoms. The minimum Gasteiger partial charge on any atom is -0.366 e. The summed E-state index contributed by atoms with van der Waals surface area (Å²) in [5.74, 6) is -0.697. The van der Waals surface area contributed by atoms with Crippen molar-refractivity contribution in [3.8, 4) is 0 Å². The van der Waals surface area contributed by atoms with E-state index >= 15 is 0 Å². The van der Waals surface area contributed by atoms with Crippen molar-refractivity contribution < 1.29 is 9.72 Å². The van der Waals surface area contributed by atoms with Crippen LogP contribution in [0.2, 0.25) is 0 Å². The number of H-pyrrole nitrogens is 1. The van der Waals surface area contributed by atoms with Crippen LogP contribution in [-0.4, -0.2) is 26.0 Å². The highest BCUT2D eigenvalue weighted by atomic mass is 16.6. The van der Waals surface area contributed by atoms with Crippen LogP contribution in [0.1, 0.15) is 16.2 Å². The standard InChI is InChI=1S/C10H10N6O3/c1-5-2-3-6(16(18)19)4-7(5)12-9(17)8-13-10(11)15-14-8/h2-4H,1H3,(H,12,17)(H3,11,13,14,15). The number of nitro groups is 1. The molecule has 0 unspecified atom stereocenters. The normalized spacial score (nSPS) is 10.2. The Labute approximate surface area is 107 Å². The van der Waals surface area contributed by atoms with Crippen molar-refractivity contribution in [2.45, 2.75) is 6.92 Å². The van der Waals surface area contributed by atoms with E-state index in [0.29, 0.717) is 11.3 Å². The van der Waals surface area contributed by atoms with Crippen LogP contribution in [0, 0.1) is 17.0 Å². The number of nitrogens with one attached hydrogen (secondary N) is 2. The number of hydrogen-bond acceptors (Lipinski definition) is 6. The van der Waals surface area contributed by atoms with Gasteiger partial charge in [-0.2, -0.15) is 4.98 Å². The molecule has 0 atom stereocenters. The lowest BCUT2D eigenvalue weighted by Crippen LogP contribution is -2.14. The first-order valence-corrected chi connectivity index (χ1v) is 5.21. The van der Waals surface area contributed by atoms with Gasteiger partial charge in [-0.3, -0.25) is 20.0 Å². The number of anilines is 2. The Hall–Kier alpha value is -2.97. The second-order valence-electron chi connectivity index (χ2n) is 3.75. The fraction of sp³-hybridized carbons (Fsp3) is 0.100. The molecule has 0 aliphatic rings. The summed E-state index contributed by atoms with van der Waals surface area (Å²) in [6.07, 6.45) is 0. The van der Waals surface area contributed by atoms with E-state index in [9.17, 15) is 14.9 Å². The molecule has 2 rings (SSSR count). The fourth-order valence-electron chi connectivity index (χ4n) is 1.42. The zero-order chi connectivity index (χ0) is 14.0. The predicted molar refractivity (Wildman–Crippen MR) is 66.6 cm³/mol. The lowest BCUT2D eigenvalue weighted by atomic mass is 10.2. The van der Waals surface area contributed by atoms with Gasteiger partial charge in [-0.05, 0) is 12.5 Å². The largest absolute Gasteiger partial charge is 0.366 e. The van der Waals surface area contributed by atoms with E-state index < -0.39 is 10.8 Å². The maximum atomic E-state index is 11.8. The number of nitrogens with two attached hydrogens (primary N) is 1. The Morgan fingerprint density at radius 3 is 2.84 bits per heavy atom. The molecule has 0 radical (unpaired) electrons. The zero-order valence-electron chi connectivity index (χ0n) is 9.88. The molecule has 0 bridgehead atoms. The third-order valence-corrected chi connectivity index (χ3v) is 2.40. The number of rotatable bonds is 3. The van der Waals surface area contributed by atoms with Crippen molar-refractivity contribution >= 4 is 23.2 Å². The summed E-state index contributed by atoms with van der Waals surface area (Å²) in [6, 6.07) is 4.17. The number of amides is 1. The van der Waals surface area contributed by atoms with Gasteiger partial charge in [-0.1, -0.05) is 6.07 Å². The minimum absolute atomic E-state index is 0.0547. The Morgan fingerprint density at radius 2 is 2.26 bits per heavy atom. The lowest BCUT2D eigenvalue weighted by molar-refractivity contribution is -0.384. The molecule has 2 aromatic rings. The first-order chi connectivity index (χ1) is 8.97. The third kappa shape index (κ3) is 2.65. The van der Waals surface area contributed by atoms with Crippen LogP contribution in [0.25, 0.3) is 0 Å². The quantitative estimate of drug-likeness (QED) is 0.553. The SMILES string of the molecule is Cc1ccc([N+](=O)[O-])cc1NC(=O)c1nc(N)n[nH]1. The summed E-state index contributed by atoms with van der Waals surface area (Å²) in [5.41, 5.74) is 6.18.